The van der Waals surface area contributed by atoms with E-state index >= 15 is 0 Å². The molecule has 4 rings (SSSR count). The van der Waals surface area contributed by atoms with Crippen molar-refractivity contribution in [2.45, 2.75) is 24.9 Å². The molecule has 6 heteroatoms. The van der Waals surface area contributed by atoms with Gasteiger partial charge in [-0.3, -0.25) is 4.79 Å². The van der Waals surface area contributed by atoms with Crippen molar-refractivity contribution >= 4 is 21.8 Å². The Hall–Kier alpha value is -1.69. The quantitative estimate of drug-likeness (QED) is 0.859. The van der Waals surface area contributed by atoms with Crippen LogP contribution in [-0.2, 0) is 11.8 Å². The number of primary amides is 1. The Balaban J connectivity index is 2.01. The normalized spacial score (nSPS) is 29.1. The Labute approximate surface area is 128 Å². The number of aromatic nitrogens is 1. The SMILES string of the molecule is CC1C(F)C12Cc1c(C(N)=O)noc1-c1cc(Br)ccc12. The van der Waals surface area contributed by atoms with Crippen LogP contribution in [0.3, 0.4) is 0 Å². The summed E-state index contributed by atoms with van der Waals surface area (Å²) >= 11 is 3.42. The van der Waals surface area contributed by atoms with Gasteiger partial charge in [-0.1, -0.05) is 34.1 Å². The van der Waals surface area contributed by atoms with Crippen LogP contribution in [0, 0.1) is 5.92 Å². The van der Waals surface area contributed by atoms with Crippen LogP contribution in [0.1, 0.15) is 28.5 Å². The zero-order valence-electron chi connectivity index (χ0n) is 11.2. The summed E-state index contributed by atoms with van der Waals surface area (Å²) in [6.07, 6.45) is -0.526. The molecule has 0 aliphatic heterocycles. The lowest BCUT2D eigenvalue weighted by Crippen LogP contribution is -2.24. The smallest absolute Gasteiger partial charge is 0.271 e. The molecule has 2 aliphatic rings. The molecule has 3 atom stereocenters. The van der Waals surface area contributed by atoms with Gasteiger partial charge in [0.15, 0.2) is 11.5 Å². The summed E-state index contributed by atoms with van der Waals surface area (Å²) < 4.78 is 20.6. The zero-order chi connectivity index (χ0) is 14.9. The summed E-state index contributed by atoms with van der Waals surface area (Å²) in [5.74, 6) is -0.212. The van der Waals surface area contributed by atoms with Gasteiger partial charge in [0, 0.05) is 26.9 Å². The molecule has 0 saturated heterocycles. The first kappa shape index (κ1) is 13.0. The number of halogens is 2. The van der Waals surface area contributed by atoms with Crippen molar-refractivity contribution in [3.63, 3.8) is 0 Å². The van der Waals surface area contributed by atoms with Crippen LogP contribution in [0.2, 0.25) is 0 Å². The molecule has 1 amide bonds. The highest BCUT2D eigenvalue weighted by atomic mass is 79.9. The van der Waals surface area contributed by atoms with E-state index in [2.05, 4.69) is 21.1 Å². The van der Waals surface area contributed by atoms with E-state index in [4.69, 9.17) is 10.3 Å². The lowest BCUT2D eigenvalue weighted by molar-refractivity contribution is 0.0991. The standard InChI is InChI=1S/C15H12BrFN2O2/c1-6-13(17)15(6)5-9-11(14(18)20)19-21-12(9)8-4-7(16)2-3-10(8)15/h2-4,6,13H,5H2,1H3,(H2,18,20). The van der Waals surface area contributed by atoms with Crippen molar-refractivity contribution in [3.05, 3.63) is 39.5 Å². The largest absolute Gasteiger partial charge is 0.364 e. The number of nitrogens with zero attached hydrogens (tertiary/aromatic N) is 1. The van der Waals surface area contributed by atoms with E-state index in [1.54, 1.807) is 0 Å². The van der Waals surface area contributed by atoms with E-state index in [9.17, 15) is 9.18 Å². The van der Waals surface area contributed by atoms with Crippen molar-refractivity contribution in [1.29, 1.82) is 0 Å². The fourth-order valence-electron chi connectivity index (χ4n) is 3.60. The highest BCUT2D eigenvalue weighted by Gasteiger charge is 2.66. The van der Waals surface area contributed by atoms with E-state index in [1.807, 2.05) is 25.1 Å². The fraction of sp³-hybridized carbons (Fsp3) is 0.333. The van der Waals surface area contributed by atoms with Gasteiger partial charge in [0.2, 0.25) is 0 Å². The molecular formula is C15H12BrFN2O2. The summed E-state index contributed by atoms with van der Waals surface area (Å²) in [6, 6.07) is 5.70. The molecule has 1 aromatic heterocycles. The van der Waals surface area contributed by atoms with Crippen molar-refractivity contribution in [3.8, 4) is 11.3 Å². The molecule has 1 saturated carbocycles. The van der Waals surface area contributed by atoms with Crippen LogP contribution in [0.4, 0.5) is 4.39 Å². The summed E-state index contributed by atoms with van der Waals surface area (Å²) in [5, 5.41) is 3.78. The van der Waals surface area contributed by atoms with E-state index in [0.29, 0.717) is 17.7 Å². The second-order valence-corrected chi connectivity index (χ2v) is 6.72. The third kappa shape index (κ3) is 1.48. The van der Waals surface area contributed by atoms with Crippen molar-refractivity contribution < 1.29 is 13.7 Å². The van der Waals surface area contributed by atoms with Gasteiger partial charge in [-0.2, -0.15) is 0 Å². The molecule has 1 aromatic carbocycles. The number of benzene rings is 1. The minimum atomic E-state index is -0.929. The lowest BCUT2D eigenvalue weighted by Gasteiger charge is -2.25. The lowest BCUT2D eigenvalue weighted by atomic mass is 9.77. The summed E-state index contributed by atoms with van der Waals surface area (Å²) in [7, 11) is 0. The first-order valence-corrected chi connectivity index (χ1v) is 7.49. The maximum Gasteiger partial charge on any atom is 0.271 e. The number of carbonyl (C=O) groups excluding carboxylic acids is 1. The predicted octanol–water partition coefficient (Wildman–Crippen LogP) is 2.98. The number of alkyl halides is 1. The maximum atomic E-state index is 14.4. The molecule has 1 heterocycles. The van der Waals surface area contributed by atoms with Gasteiger partial charge in [-0.25, -0.2) is 4.39 Å². The van der Waals surface area contributed by atoms with Gasteiger partial charge < -0.3 is 10.3 Å². The van der Waals surface area contributed by atoms with Crippen LogP contribution in [0.5, 0.6) is 0 Å². The van der Waals surface area contributed by atoms with Gasteiger partial charge in [-0.05, 0) is 24.1 Å². The van der Waals surface area contributed by atoms with Gasteiger partial charge in [0.05, 0.1) is 0 Å². The summed E-state index contributed by atoms with van der Waals surface area (Å²) in [4.78, 5) is 11.5. The first-order chi connectivity index (χ1) is 9.96. The molecule has 2 aliphatic carbocycles. The third-order valence-corrected chi connectivity index (χ3v) is 5.35. The molecule has 2 aromatic rings. The summed E-state index contributed by atoms with van der Waals surface area (Å²) in [6.45, 7) is 1.89. The molecule has 21 heavy (non-hydrogen) atoms. The number of amides is 1. The minimum absolute atomic E-state index is 0.0961. The van der Waals surface area contributed by atoms with E-state index in [1.165, 1.54) is 0 Å². The topological polar surface area (TPSA) is 69.1 Å². The predicted molar refractivity (Wildman–Crippen MR) is 77.6 cm³/mol. The number of hydrogen-bond donors (Lipinski definition) is 1. The molecule has 1 spiro atoms. The van der Waals surface area contributed by atoms with Crippen molar-refractivity contribution in [2.24, 2.45) is 11.7 Å². The van der Waals surface area contributed by atoms with E-state index in [0.717, 1.165) is 15.6 Å². The van der Waals surface area contributed by atoms with Crippen LogP contribution in [-0.4, -0.2) is 17.2 Å². The van der Waals surface area contributed by atoms with E-state index in [-0.39, 0.29) is 11.6 Å². The number of hydrogen-bond acceptors (Lipinski definition) is 3. The summed E-state index contributed by atoms with van der Waals surface area (Å²) in [5.41, 5.74) is 7.21. The molecule has 108 valence electrons. The highest BCUT2D eigenvalue weighted by molar-refractivity contribution is 9.10. The van der Waals surface area contributed by atoms with Gasteiger partial charge >= 0.3 is 0 Å². The fourth-order valence-corrected chi connectivity index (χ4v) is 3.96. The van der Waals surface area contributed by atoms with Gasteiger partial charge in [0.1, 0.15) is 6.17 Å². The molecule has 2 N–H and O–H groups in total. The molecule has 0 bridgehead atoms. The molecular weight excluding hydrogens is 339 g/mol. The maximum absolute atomic E-state index is 14.4. The van der Waals surface area contributed by atoms with Crippen LogP contribution >= 0.6 is 15.9 Å². The van der Waals surface area contributed by atoms with E-state index < -0.39 is 17.5 Å². The number of nitrogens with two attached hydrogens (primary N) is 1. The highest BCUT2D eigenvalue weighted by Crippen LogP contribution is 2.63. The Morgan fingerprint density at radius 2 is 2.29 bits per heavy atom. The Bertz CT molecular complexity index is 778. The average Bonchev–Trinajstić information content (AvgIpc) is 2.83. The monoisotopic (exact) mass is 350 g/mol. The van der Waals surface area contributed by atoms with Crippen LogP contribution in [0.25, 0.3) is 11.3 Å². The molecule has 0 radical (unpaired) electrons. The van der Waals surface area contributed by atoms with Crippen LogP contribution in [0.15, 0.2) is 27.2 Å². The molecule has 3 unspecified atom stereocenters. The first-order valence-electron chi connectivity index (χ1n) is 6.69. The average molecular weight is 351 g/mol. The van der Waals surface area contributed by atoms with Crippen LogP contribution < -0.4 is 5.73 Å². The minimum Gasteiger partial charge on any atom is -0.364 e. The number of carbonyl (C=O) groups is 1. The zero-order valence-corrected chi connectivity index (χ0v) is 12.8. The Kier molecular flexibility index (Phi) is 2.44. The Morgan fingerprint density at radius 3 is 2.90 bits per heavy atom. The van der Waals surface area contributed by atoms with Crippen molar-refractivity contribution in [1.82, 2.24) is 5.16 Å². The third-order valence-electron chi connectivity index (χ3n) is 4.85. The second kappa shape index (κ2) is 3.94. The number of rotatable bonds is 1. The Morgan fingerprint density at radius 1 is 1.57 bits per heavy atom. The van der Waals surface area contributed by atoms with Crippen molar-refractivity contribution in [2.75, 3.05) is 0 Å². The van der Waals surface area contributed by atoms with Gasteiger partial charge in [-0.15, -0.1) is 0 Å². The molecule has 1 fully saturated rings. The molecule has 4 nitrogen and oxygen atoms in total. The number of fused-ring (bicyclic) bond motifs is 4. The second-order valence-electron chi connectivity index (χ2n) is 5.80. The van der Waals surface area contributed by atoms with Gasteiger partial charge in [0.25, 0.3) is 5.91 Å².